The molecule has 4 nitrogen and oxygen atoms in total. The van der Waals surface area contributed by atoms with Gasteiger partial charge in [-0.1, -0.05) is 0 Å². The number of nitrogens with zero attached hydrogens (tertiary/aromatic N) is 3. The van der Waals surface area contributed by atoms with Crippen LogP contribution in [0.15, 0.2) is 33.8 Å². The third-order valence-electron chi connectivity index (χ3n) is 3.67. The first-order chi connectivity index (χ1) is 10.0. The van der Waals surface area contributed by atoms with Gasteiger partial charge in [0.25, 0.3) is 0 Å². The van der Waals surface area contributed by atoms with Gasteiger partial charge in [0.2, 0.25) is 0 Å². The summed E-state index contributed by atoms with van der Waals surface area (Å²) in [4.78, 5) is 1.21. The Morgan fingerprint density at radius 1 is 1.38 bits per heavy atom. The van der Waals surface area contributed by atoms with Gasteiger partial charge in [-0.15, -0.1) is 11.8 Å². The van der Waals surface area contributed by atoms with E-state index in [1.807, 2.05) is 30.8 Å². The number of aryl methyl sites for hydroxylation is 2. The van der Waals surface area contributed by atoms with Crippen molar-refractivity contribution in [2.45, 2.75) is 18.4 Å². The molecule has 0 fully saturated rings. The van der Waals surface area contributed by atoms with Gasteiger partial charge < -0.3 is 10.3 Å². The van der Waals surface area contributed by atoms with Crippen LogP contribution < -0.4 is 5.73 Å². The van der Waals surface area contributed by atoms with Crippen LogP contribution in [0.2, 0.25) is 0 Å². The van der Waals surface area contributed by atoms with Gasteiger partial charge in [-0.05, 0) is 47.3 Å². The molecule has 0 bridgehead atoms. The Hall–Kier alpha value is -1.40. The monoisotopic (exact) mass is 364 g/mol. The van der Waals surface area contributed by atoms with Crippen molar-refractivity contribution in [3.63, 3.8) is 0 Å². The van der Waals surface area contributed by atoms with Crippen LogP contribution in [0.4, 0.5) is 5.69 Å². The van der Waals surface area contributed by atoms with Crippen molar-refractivity contribution in [2.75, 3.05) is 12.0 Å². The summed E-state index contributed by atoms with van der Waals surface area (Å²) in [5.41, 5.74) is 10.1. The van der Waals surface area contributed by atoms with E-state index < -0.39 is 0 Å². The fourth-order valence-corrected chi connectivity index (χ4v) is 3.71. The molecule has 0 saturated heterocycles. The summed E-state index contributed by atoms with van der Waals surface area (Å²) in [6.07, 6.45) is 4.19. The van der Waals surface area contributed by atoms with Gasteiger partial charge in [0.1, 0.15) is 0 Å². The van der Waals surface area contributed by atoms with Crippen molar-refractivity contribution in [2.24, 2.45) is 7.05 Å². The average Bonchev–Trinajstić information content (AvgIpc) is 2.95. The highest BCUT2D eigenvalue weighted by atomic mass is 79.9. The van der Waals surface area contributed by atoms with Gasteiger partial charge in [0.15, 0.2) is 0 Å². The molecule has 0 spiro atoms. The molecule has 2 heterocycles. The van der Waals surface area contributed by atoms with Crippen molar-refractivity contribution < 1.29 is 0 Å². The number of rotatable bonds is 3. The lowest BCUT2D eigenvalue weighted by molar-refractivity contribution is 0.671. The van der Waals surface area contributed by atoms with Crippen molar-refractivity contribution in [3.8, 4) is 0 Å². The third kappa shape index (κ3) is 2.46. The molecular formula is C15H17BrN4S. The molecule has 110 valence electrons. The van der Waals surface area contributed by atoms with Crippen LogP contribution in [0.1, 0.15) is 11.4 Å². The molecule has 3 rings (SSSR count). The van der Waals surface area contributed by atoms with E-state index in [0.717, 1.165) is 33.6 Å². The standard InChI is InChI=1S/C15H17BrN4S/c1-9-15(16)13(19(2)18-9)8-20-5-4-11-12(20)6-10(17)7-14(11)21-3/h4-7H,8,17H2,1-3H3. The number of fused-ring (bicyclic) bond motifs is 1. The van der Waals surface area contributed by atoms with Crippen LogP contribution >= 0.6 is 27.7 Å². The second-order valence-corrected chi connectivity index (χ2v) is 6.71. The maximum Gasteiger partial charge on any atom is 0.0739 e. The minimum atomic E-state index is 0.763. The maximum atomic E-state index is 6.03. The topological polar surface area (TPSA) is 48.8 Å². The highest BCUT2D eigenvalue weighted by molar-refractivity contribution is 9.10. The first-order valence-electron chi connectivity index (χ1n) is 6.61. The molecule has 3 aromatic rings. The van der Waals surface area contributed by atoms with Crippen molar-refractivity contribution in [1.29, 1.82) is 0 Å². The number of thioether (sulfide) groups is 1. The van der Waals surface area contributed by atoms with Gasteiger partial charge in [0, 0.05) is 29.2 Å². The normalized spacial score (nSPS) is 11.4. The predicted molar refractivity (Wildman–Crippen MR) is 92.9 cm³/mol. The molecule has 0 aliphatic heterocycles. The summed E-state index contributed by atoms with van der Waals surface area (Å²) in [6.45, 7) is 2.77. The number of aromatic nitrogens is 3. The van der Waals surface area contributed by atoms with Gasteiger partial charge in [0.05, 0.1) is 27.9 Å². The molecule has 0 amide bonds. The molecule has 2 N–H and O–H groups in total. The molecule has 6 heteroatoms. The minimum Gasteiger partial charge on any atom is -0.399 e. The zero-order chi connectivity index (χ0) is 15.1. The summed E-state index contributed by atoms with van der Waals surface area (Å²) < 4.78 is 5.21. The molecule has 0 aliphatic carbocycles. The fourth-order valence-electron chi connectivity index (χ4n) is 2.60. The van der Waals surface area contributed by atoms with Crippen molar-refractivity contribution in [1.82, 2.24) is 14.3 Å². The average molecular weight is 365 g/mol. The lowest BCUT2D eigenvalue weighted by atomic mass is 10.2. The molecule has 2 aromatic heterocycles. The predicted octanol–water partition coefficient (Wildman–Crippen LogP) is 3.80. The van der Waals surface area contributed by atoms with Crippen LogP contribution in [0, 0.1) is 6.92 Å². The van der Waals surface area contributed by atoms with E-state index in [1.54, 1.807) is 11.8 Å². The first-order valence-corrected chi connectivity index (χ1v) is 8.63. The summed E-state index contributed by atoms with van der Waals surface area (Å²) in [5, 5.41) is 5.69. The molecule has 0 atom stereocenters. The largest absolute Gasteiger partial charge is 0.399 e. The molecule has 1 aromatic carbocycles. The molecule has 0 saturated carbocycles. The number of hydrogen-bond acceptors (Lipinski definition) is 3. The van der Waals surface area contributed by atoms with Crippen LogP contribution in [0.3, 0.4) is 0 Å². The smallest absolute Gasteiger partial charge is 0.0739 e. The Kier molecular flexibility index (Phi) is 3.75. The van der Waals surface area contributed by atoms with Gasteiger partial charge >= 0.3 is 0 Å². The zero-order valence-electron chi connectivity index (χ0n) is 12.2. The van der Waals surface area contributed by atoms with E-state index in [-0.39, 0.29) is 0 Å². The Bertz CT molecular complexity index is 819. The number of nitrogen functional groups attached to an aromatic ring is 1. The SMILES string of the molecule is CSc1cc(N)cc2c1ccn2Cc1c(Br)c(C)nn1C. The van der Waals surface area contributed by atoms with E-state index in [2.05, 4.69) is 44.1 Å². The molecule has 0 aliphatic rings. The summed E-state index contributed by atoms with van der Waals surface area (Å²) in [5.74, 6) is 0. The van der Waals surface area contributed by atoms with Crippen LogP contribution in [-0.4, -0.2) is 20.6 Å². The molecule has 21 heavy (non-hydrogen) atoms. The van der Waals surface area contributed by atoms with Crippen molar-refractivity contribution in [3.05, 3.63) is 40.3 Å². The van der Waals surface area contributed by atoms with Crippen molar-refractivity contribution >= 4 is 44.3 Å². The third-order valence-corrected chi connectivity index (χ3v) is 5.48. The minimum absolute atomic E-state index is 0.763. The first kappa shape index (κ1) is 14.5. The Labute approximate surface area is 136 Å². The molecular weight excluding hydrogens is 348 g/mol. The maximum absolute atomic E-state index is 6.03. The Balaban J connectivity index is 2.11. The number of hydrogen-bond donors (Lipinski definition) is 1. The highest BCUT2D eigenvalue weighted by Crippen LogP contribution is 2.31. The quantitative estimate of drug-likeness (QED) is 0.567. The number of nitrogens with two attached hydrogens (primary N) is 1. The number of benzene rings is 1. The van der Waals surface area contributed by atoms with E-state index in [9.17, 15) is 0 Å². The van der Waals surface area contributed by atoms with Crippen LogP contribution in [0.25, 0.3) is 10.9 Å². The van der Waals surface area contributed by atoms with Gasteiger partial charge in [-0.25, -0.2) is 0 Å². The Morgan fingerprint density at radius 3 is 2.76 bits per heavy atom. The summed E-state index contributed by atoms with van der Waals surface area (Å²) in [6, 6.07) is 6.21. The lowest BCUT2D eigenvalue weighted by Gasteiger charge is -2.09. The van der Waals surface area contributed by atoms with E-state index in [0.29, 0.717) is 0 Å². The summed E-state index contributed by atoms with van der Waals surface area (Å²) >= 11 is 5.35. The van der Waals surface area contributed by atoms with E-state index in [1.165, 1.54) is 10.3 Å². The van der Waals surface area contributed by atoms with Crippen LogP contribution in [0.5, 0.6) is 0 Å². The molecule has 0 radical (unpaired) electrons. The van der Waals surface area contributed by atoms with Gasteiger partial charge in [-0.3, -0.25) is 4.68 Å². The number of halogens is 1. The summed E-state index contributed by atoms with van der Waals surface area (Å²) in [7, 11) is 1.97. The fraction of sp³-hybridized carbons (Fsp3) is 0.267. The Morgan fingerprint density at radius 2 is 2.14 bits per heavy atom. The lowest BCUT2D eigenvalue weighted by Crippen LogP contribution is -2.05. The molecule has 0 unspecified atom stereocenters. The second kappa shape index (κ2) is 5.42. The van der Waals surface area contributed by atoms with E-state index in [4.69, 9.17) is 5.73 Å². The second-order valence-electron chi connectivity index (χ2n) is 5.07. The van der Waals surface area contributed by atoms with E-state index >= 15 is 0 Å². The highest BCUT2D eigenvalue weighted by Gasteiger charge is 2.13. The zero-order valence-corrected chi connectivity index (χ0v) is 14.6. The number of anilines is 1. The van der Waals surface area contributed by atoms with Gasteiger partial charge in [-0.2, -0.15) is 5.10 Å². The van der Waals surface area contributed by atoms with Crippen LogP contribution in [-0.2, 0) is 13.6 Å².